The van der Waals surface area contributed by atoms with Crippen molar-refractivity contribution in [2.45, 2.75) is 18.6 Å². The summed E-state index contributed by atoms with van der Waals surface area (Å²) >= 11 is 5.24. The molecule has 64 valence electrons. The van der Waals surface area contributed by atoms with E-state index in [2.05, 4.69) is 11.8 Å². The highest BCUT2D eigenvalue weighted by molar-refractivity contribution is 6.25. The van der Waals surface area contributed by atoms with Crippen LogP contribution in [0.4, 0.5) is 0 Å². The minimum atomic E-state index is -0.628. The lowest BCUT2D eigenvalue weighted by Gasteiger charge is -1.99. The van der Waals surface area contributed by atoms with Gasteiger partial charge in [0.15, 0.2) is 0 Å². The molecule has 0 fully saturated rings. The van der Waals surface area contributed by atoms with Crippen LogP contribution in [0.5, 0.6) is 0 Å². The fraction of sp³-hybridized carbons (Fsp3) is 0.333. The van der Waals surface area contributed by atoms with Crippen LogP contribution >= 0.6 is 11.6 Å². The first-order valence-electron chi connectivity index (χ1n) is 3.58. The maximum Gasteiger partial charge on any atom is 0.0893 e. The summed E-state index contributed by atoms with van der Waals surface area (Å²) in [7, 11) is 0. The van der Waals surface area contributed by atoms with Crippen LogP contribution in [0.2, 0.25) is 0 Å². The maximum absolute atomic E-state index is 9.27. The van der Waals surface area contributed by atoms with E-state index in [0.717, 1.165) is 0 Å². The molecule has 0 unspecified atom stereocenters. The van der Waals surface area contributed by atoms with Crippen molar-refractivity contribution in [3.8, 4) is 11.8 Å². The van der Waals surface area contributed by atoms with Crippen LogP contribution in [-0.2, 0) is 0 Å². The van der Waals surface area contributed by atoms with Gasteiger partial charge in [-0.3, -0.25) is 0 Å². The fourth-order valence-electron chi connectivity index (χ4n) is 1.02. The predicted octanol–water partition coefficient (Wildman–Crippen LogP) is 0.794. The van der Waals surface area contributed by atoms with Gasteiger partial charge in [-0.2, -0.15) is 0 Å². The van der Waals surface area contributed by atoms with E-state index in [1.54, 1.807) is 6.08 Å². The Morgan fingerprint density at radius 1 is 1.58 bits per heavy atom. The van der Waals surface area contributed by atoms with Gasteiger partial charge in [0.1, 0.15) is 0 Å². The lowest BCUT2D eigenvalue weighted by atomic mass is 10.2. The summed E-state index contributed by atoms with van der Waals surface area (Å²) in [6.07, 6.45) is 2.18. The highest BCUT2D eigenvalue weighted by atomic mass is 35.5. The third-order valence-electron chi connectivity index (χ3n) is 1.56. The molecule has 3 heteroatoms. The van der Waals surface area contributed by atoms with Crippen LogP contribution in [-0.4, -0.2) is 22.4 Å². The van der Waals surface area contributed by atoms with Crippen molar-refractivity contribution in [1.82, 2.24) is 0 Å². The molecule has 0 amide bonds. The molecular weight excluding hydrogens is 176 g/mol. The third kappa shape index (κ3) is 2.38. The molecule has 0 bridgehead atoms. The van der Waals surface area contributed by atoms with E-state index in [0.29, 0.717) is 12.0 Å². The average molecular weight is 185 g/mol. The van der Waals surface area contributed by atoms with Crippen LogP contribution in [0.15, 0.2) is 23.3 Å². The first kappa shape index (κ1) is 9.34. The molecule has 0 saturated heterocycles. The van der Waals surface area contributed by atoms with E-state index in [4.69, 9.17) is 16.7 Å². The molecule has 0 aromatic heterocycles. The number of aliphatic hydroxyl groups is 2. The SMILES string of the molecule is O[C@H]1C=C(C#C/C=C\Cl)[C@@H](O)C1. The molecule has 2 N–H and O–H groups in total. The minimum absolute atomic E-state index is 0.342. The minimum Gasteiger partial charge on any atom is -0.389 e. The molecule has 12 heavy (non-hydrogen) atoms. The first-order valence-corrected chi connectivity index (χ1v) is 4.02. The van der Waals surface area contributed by atoms with Crippen molar-refractivity contribution in [3.63, 3.8) is 0 Å². The Morgan fingerprint density at radius 2 is 2.33 bits per heavy atom. The van der Waals surface area contributed by atoms with Crippen molar-refractivity contribution < 1.29 is 10.2 Å². The Labute approximate surface area is 76.2 Å². The molecule has 1 rings (SSSR count). The maximum atomic E-state index is 9.27. The Bertz CT molecular complexity index is 270. The number of aliphatic hydroxyl groups excluding tert-OH is 2. The number of allylic oxidation sites excluding steroid dienone is 1. The van der Waals surface area contributed by atoms with Gasteiger partial charge in [0.05, 0.1) is 12.2 Å². The number of rotatable bonds is 0. The van der Waals surface area contributed by atoms with Crippen molar-refractivity contribution in [2.24, 2.45) is 0 Å². The highest BCUT2D eigenvalue weighted by Crippen LogP contribution is 2.18. The van der Waals surface area contributed by atoms with Gasteiger partial charge in [-0.1, -0.05) is 23.4 Å². The van der Waals surface area contributed by atoms with Gasteiger partial charge in [-0.05, 0) is 12.2 Å². The van der Waals surface area contributed by atoms with Crippen molar-refractivity contribution >= 4 is 11.6 Å². The summed E-state index contributed by atoms with van der Waals surface area (Å²) in [6.45, 7) is 0. The Hall–Kier alpha value is -0.750. The summed E-state index contributed by atoms with van der Waals surface area (Å²) in [5, 5.41) is 18.3. The summed E-state index contributed by atoms with van der Waals surface area (Å²) < 4.78 is 0. The second kappa shape index (κ2) is 4.32. The molecule has 2 nitrogen and oxygen atoms in total. The Kier molecular flexibility index (Phi) is 3.36. The van der Waals surface area contributed by atoms with Gasteiger partial charge in [-0.15, -0.1) is 0 Å². The van der Waals surface area contributed by atoms with E-state index in [9.17, 15) is 5.11 Å². The summed E-state index contributed by atoms with van der Waals surface area (Å²) in [5.41, 5.74) is 1.86. The second-order valence-corrected chi connectivity index (χ2v) is 2.75. The quantitative estimate of drug-likeness (QED) is 0.547. The number of hydrogen-bond donors (Lipinski definition) is 2. The predicted molar refractivity (Wildman–Crippen MR) is 47.5 cm³/mol. The van der Waals surface area contributed by atoms with Crippen molar-refractivity contribution in [3.05, 3.63) is 23.3 Å². The molecular formula is C9H9ClO2. The summed E-state index contributed by atoms with van der Waals surface area (Å²) in [5.74, 6) is 5.32. The van der Waals surface area contributed by atoms with Gasteiger partial charge in [0, 0.05) is 17.5 Å². The molecule has 0 aliphatic heterocycles. The lowest BCUT2D eigenvalue weighted by molar-refractivity contribution is 0.149. The van der Waals surface area contributed by atoms with Crippen LogP contribution < -0.4 is 0 Å². The topological polar surface area (TPSA) is 40.5 Å². The molecule has 1 aliphatic rings. The standard InChI is InChI=1S/C9H9ClO2/c10-4-2-1-3-7-5-8(11)6-9(7)12/h2,4-5,8-9,11-12H,6H2/b4-2-/t8-,9-/m0/s1. The van der Waals surface area contributed by atoms with E-state index in [1.807, 2.05) is 0 Å². The molecule has 0 aromatic carbocycles. The highest BCUT2D eigenvalue weighted by Gasteiger charge is 2.20. The van der Waals surface area contributed by atoms with Crippen LogP contribution in [0.1, 0.15) is 6.42 Å². The normalized spacial score (nSPS) is 28.4. The van der Waals surface area contributed by atoms with E-state index in [-0.39, 0.29) is 0 Å². The summed E-state index contributed by atoms with van der Waals surface area (Å²) in [6, 6.07) is 0. The Balaban J connectivity index is 2.65. The molecule has 0 heterocycles. The van der Waals surface area contributed by atoms with Gasteiger partial charge in [0.2, 0.25) is 0 Å². The molecule has 0 radical (unpaired) electrons. The van der Waals surface area contributed by atoms with Crippen LogP contribution in [0, 0.1) is 11.8 Å². The number of halogens is 1. The Morgan fingerprint density at radius 3 is 2.83 bits per heavy atom. The van der Waals surface area contributed by atoms with Crippen molar-refractivity contribution in [2.75, 3.05) is 0 Å². The lowest BCUT2D eigenvalue weighted by Crippen LogP contribution is -2.07. The summed E-state index contributed by atoms with van der Waals surface area (Å²) in [4.78, 5) is 0. The zero-order valence-electron chi connectivity index (χ0n) is 6.37. The zero-order chi connectivity index (χ0) is 8.97. The largest absolute Gasteiger partial charge is 0.389 e. The van der Waals surface area contributed by atoms with Gasteiger partial charge < -0.3 is 10.2 Å². The molecule has 1 aliphatic carbocycles. The molecule has 0 spiro atoms. The second-order valence-electron chi connectivity index (χ2n) is 2.50. The average Bonchev–Trinajstić information content (AvgIpc) is 2.31. The van der Waals surface area contributed by atoms with Gasteiger partial charge in [0.25, 0.3) is 0 Å². The van der Waals surface area contributed by atoms with Crippen LogP contribution in [0.25, 0.3) is 0 Å². The molecule has 2 atom stereocenters. The smallest absolute Gasteiger partial charge is 0.0893 e. The van der Waals surface area contributed by atoms with E-state index < -0.39 is 12.2 Å². The zero-order valence-corrected chi connectivity index (χ0v) is 7.12. The van der Waals surface area contributed by atoms with Gasteiger partial charge >= 0.3 is 0 Å². The van der Waals surface area contributed by atoms with E-state index >= 15 is 0 Å². The molecule has 0 saturated carbocycles. The fourth-order valence-corrected chi connectivity index (χ4v) is 1.09. The van der Waals surface area contributed by atoms with Crippen LogP contribution in [0.3, 0.4) is 0 Å². The number of hydrogen-bond acceptors (Lipinski definition) is 2. The van der Waals surface area contributed by atoms with Crippen molar-refractivity contribution in [1.29, 1.82) is 0 Å². The molecule has 0 aromatic rings. The monoisotopic (exact) mass is 184 g/mol. The first-order chi connectivity index (χ1) is 5.74. The van der Waals surface area contributed by atoms with E-state index in [1.165, 1.54) is 11.6 Å². The van der Waals surface area contributed by atoms with Gasteiger partial charge in [-0.25, -0.2) is 0 Å². The third-order valence-corrected chi connectivity index (χ3v) is 1.68.